The van der Waals surface area contributed by atoms with Crippen LogP contribution in [0.4, 0.5) is 5.69 Å². The highest BCUT2D eigenvalue weighted by molar-refractivity contribution is 7.93. The normalized spacial score (nSPS) is 11.2. The fourth-order valence-electron chi connectivity index (χ4n) is 2.59. The van der Waals surface area contributed by atoms with Gasteiger partial charge in [-0.2, -0.15) is 0 Å². The lowest BCUT2D eigenvalue weighted by Crippen LogP contribution is -2.25. The Hall–Kier alpha value is -2.79. The van der Waals surface area contributed by atoms with Crippen molar-refractivity contribution in [2.24, 2.45) is 0 Å². The first-order chi connectivity index (χ1) is 11.6. The molecule has 0 amide bonds. The first-order valence-corrected chi connectivity index (χ1v) is 8.81. The van der Waals surface area contributed by atoms with E-state index in [1.165, 1.54) is 29.7 Å². The molecule has 0 saturated carbocycles. The van der Waals surface area contributed by atoms with Gasteiger partial charge in [-0.3, -0.25) is 0 Å². The lowest BCUT2D eigenvalue weighted by Gasteiger charge is -2.22. The molecule has 0 bridgehead atoms. The zero-order chi connectivity index (χ0) is 17.2. The number of fused-ring (bicyclic) bond motifs is 1. The number of nitrogens with zero attached hydrogens (tertiary/aromatic N) is 1. The van der Waals surface area contributed by atoms with Crippen LogP contribution >= 0.6 is 0 Å². The van der Waals surface area contributed by atoms with E-state index in [0.717, 1.165) is 10.8 Å². The van der Waals surface area contributed by atoms with Gasteiger partial charge in [0.05, 0.1) is 17.7 Å². The number of benzene rings is 3. The Morgan fingerprint density at radius 1 is 0.958 bits per heavy atom. The highest BCUT2D eigenvalue weighted by Crippen LogP contribution is 2.31. The minimum absolute atomic E-state index is 0.177. The van der Waals surface area contributed by atoms with Gasteiger partial charge < -0.3 is 4.74 Å². The fourth-order valence-corrected chi connectivity index (χ4v) is 3.91. The highest BCUT2D eigenvalue weighted by Gasteiger charge is 2.24. The lowest BCUT2D eigenvalue weighted by atomic mass is 10.1. The summed E-state index contributed by atoms with van der Waals surface area (Å²) in [5.41, 5.74) is 0.568. The molecule has 0 saturated heterocycles. The van der Waals surface area contributed by atoms with Crippen molar-refractivity contribution in [3.63, 3.8) is 0 Å². The molecule has 24 heavy (non-hydrogen) atoms. The summed E-state index contributed by atoms with van der Waals surface area (Å²) in [6.07, 6.45) is 1.32. The number of hydrogen-bond acceptors (Lipinski definition) is 3. The van der Waals surface area contributed by atoms with Crippen LogP contribution in [0.25, 0.3) is 10.8 Å². The van der Waals surface area contributed by atoms with Crippen molar-refractivity contribution in [3.8, 4) is 5.75 Å². The van der Waals surface area contributed by atoms with Crippen LogP contribution in [0.15, 0.2) is 84.4 Å². The Morgan fingerprint density at radius 2 is 1.62 bits per heavy atom. The molecule has 0 spiro atoms. The summed E-state index contributed by atoms with van der Waals surface area (Å²) in [6, 6.07) is 19.5. The molecule has 4 nitrogen and oxygen atoms in total. The van der Waals surface area contributed by atoms with Gasteiger partial charge in [0.1, 0.15) is 5.75 Å². The summed E-state index contributed by atoms with van der Waals surface area (Å²) in [6.45, 7) is 3.69. The Balaban J connectivity index is 2.14. The molecular formula is C19H17NO3S. The van der Waals surface area contributed by atoms with Gasteiger partial charge >= 0.3 is 0 Å². The van der Waals surface area contributed by atoms with Crippen LogP contribution in [0.5, 0.6) is 5.75 Å². The predicted molar refractivity (Wildman–Crippen MR) is 96.8 cm³/mol. The van der Waals surface area contributed by atoms with Crippen molar-refractivity contribution in [2.75, 3.05) is 11.4 Å². The van der Waals surface area contributed by atoms with Crippen LogP contribution in [0.3, 0.4) is 0 Å². The van der Waals surface area contributed by atoms with E-state index in [9.17, 15) is 8.42 Å². The molecule has 0 aliphatic rings. The lowest BCUT2D eigenvalue weighted by molar-refractivity contribution is 0.414. The predicted octanol–water partition coefficient (Wildman–Crippen LogP) is 4.19. The second-order valence-corrected chi connectivity index (χ2v) is 6.97. The molecule has 0 aliphatic carbocycles. The maximum atomic E-state index is 13.0. The number of sulfonamides is 1. The molecule has 0 atom stereocenters. The first kappa shape index (κ1) is 16.1. The third kappa shape index (κ3) is 2.74. The van der Waals surface area contributed by atoms with E-state index in [1.54, 1.807) is 18.2 Å². The molecule has 3 aromatic carbocycles. The van der Waals surface area contributed by atoms with Crippen molar-refractivity contribution in [2.45, 2.75) is 4.90 Å². The topological polar surface area (TPSA) is 46.6 Å². The largest absolute Gasteiger partial charge is 0.497 e. The number of anilines is 1. The highest BCUT2D eigenvalue weighted by atomic mass is 32.2. The summed E-state index contributed by atoms with van der Waals surface area (Å²) < 4.78 is 32.3. The molecule has 0 fully saturated rings. The van der Waals surface area contributed by atoms with Crippen LogP contribution in [0, 0.1) is 0 Å². The van der Waals surface area contributed by atoms with Crippen LogP contribution in [0.1, 0.15) is 0 Å². The third-order valence-corrected chi connectivity index (χ3v) is 5.52. The van der Waals surface area contributed by atoms with Gasteiger partial charge in [-0.15, -0.1) is 0 Å². The molecule has 0 radical (unpaired) electrons. The zero-order valence-electron chi connectivity index (χ0n) is 13.2. The van der Waals surface area contributed by atoms with E-state index in [1.807, 2.05) is 36.4 Å². The molecule has 0 aliphatic heterocycles. The van der Waals surface area contributed by atoms with Crippen LogP contribution in [0.2, 0.25) is 0 Å². The van der Waals surface area contributed by atoms with Gasteiger partial charge in [-0.25, -0.2) is 12.7 Å². The number of ether oxygens (including phenoxy) is 1. The third-order valence-electron chi connectivity index (χ3n) is 3.79. The summed E-state index contributed by atoms with van der Waals surface area (Å²) in [7, 11) is -2.22. The van der Waals surface area contributed by atoms with Gasteiger partial charge in [0, 0.05) is 11.6 Å². The maximum absolute atomic E-state index is 13.0. The van der Waals surface area contributed by atoms with E-state index < -0.39 is 10.0 Å². The van der Waals surface area contributed by atoms with Gasteiger partial charge in [-0.05, 0) is 35.7 Å². The molecule has 122 valence electrons. The molecule has 5 heteroatoms. The average Bonchev–Trinajstić information content (AvgIpc) is 2.62. The number of methoxy groups -OCH3 is 1. The quantitative estimate of drug-likeness (QED) is 0.700. The standard InChI is InChI=1S/C19H17NO3S/c1-3-20(19-10-6-8-15-7-4-5-9-18(15)19)24(21,22)17-13-11-16(23-2)12-14-17/h3-14H,1H2,2H3. The van der Waals surface area contributed by atoms with Crippen LogP contribution < -0.4 is 9.04 Å². The molecular weight excluding hydrogens is 322 g/mol. The van der Waals surface area contributed by atoms with E-state index >= 15 is 0 Å². The van der Waals surface area contributed by atoms with Crippen molar-refractivity contribution >= 4 is 26.5 Å². The summed E-state index contributed by atoms with van der Waals surface area (Å²) >= 11 is 0. The van der Waals surface area contributed by atoms with Crippen molar-refractivity contribution in [1.29, 1.82) is 0 Å². The maximum Gasteiger partial charge on any atom is 0.268 e. The minimum Gasteiger partial charge on any atom is -0.497 e. The van der Waals surface area contributed by atoms with Crippen molar-refractivity contribution in [3.05, 3.63) is 79.5 Å². The second kappa shape index (κ2) is 6.37. The van der Waals surface area contributed by atoms with Crippen LogP contribution in [-0.4, -0.2) is 15.5 Å². The van der Waals surface area contributed by atoms with E-state index in [-0.39, 0.29) is 4.90 Å². The Kier molecular flexibility index (Phi) is 4.27. The van der Waals surface area contributed by atoms with E-state index in [2.05, 4.69) is 6.58 Å². The number of hydrogen-bond donors (Lipinski definition) is 0. The van der Waals surface area contributed by atoms with E-state index in [0.29, 0.717) is 11.4 Å². The minimum atomic E-state index is -3.76. The SMILES string of the molecule is C=CN(c1cccc2ccccc12)S(=O)(=O)c1ccc(OC)cc1. The smallest absolute Gasteiger partial charge is 0.268 e. The first-order valence-electron chi connectivity index (χ1n) is 7.37. The molecule has 3 rings (SSSR count). The monoisotopic (exact) mass is 339 g/mol. The molecule has 0 N–H and O–H groups in total. The van der Waals surface area contributed by atoms with Gasteiger partial charge in [-0.1, -0.05) is 43.0 Å². The Bertz CT molecular complexity index is 974. The zero-order valence-corrected chi connectivity index (χ0v) is 14.0. The Labute approximate surface area is 141 Å². The molecule has 3 aromatic rings. The average molecular weight is 339 g/mol. The second-order valence-electron chi connectivity index (χ2n) is 5.16. The van der Waals surface area contributed by atoms with Crippen molar-refractivity contribution in [1.82, 2.24) is 0 Å². The van der Waals surface area contributed by atoms with Gasteiger partial charge in [0.2, 0.25) is 0 Å². The van der Waals surface area contributed by atoms with Gasteiger partial charge in [0.25, 0.3) is 10.0 Å². The molecule has 0 aromatic heterocycles. The van der Waals surface area contributed by atoms with Crippen molar-refractivity contribution < 1.29 is 13.2 Å². The summed E-state index contributed by atoms with van der Waals surface area (Å²) in [5, 5.41) is 1.81. The number of rotatable bonds is 5. The summed E-state index contributed by atoms with van der Waals surface area (Å²) in [4.78, 5) is 0.177. The fraction of sp³-hybridized carbons (Fsp3) is 0.0526. The summed E-state index contributed by atoms with van der Waals surface area (Å²) in [5.74, 6) is 0.601. The molecule has 0 heterocycles. The van der Waals surface area contributed by atoms with E-state index in [4.69, 9.17) is 4.74 Å². The Morgan fingerprint density at radius 3 is 2.29 bits per heavy atom. The molecule has 0 unspecified atom stereocenters. The van der Waals surface area contributed by atoms with Gasteiger partial charge in [0.15, 0.2) is 0 Å². The van der Waals surface area contributed by atoms with Crippen LogP contribution in [-0.2, 0) is 10.0 Å².